The monoisotopic (exact) mass is 389 g/mol. The molecule has 1 aliphatic rings. The van der Waals surface area contributed by atoms with Crippen molar-refractivity contribution < 1.29 is 14.1 Å². The molecule has 0 saturated heterocycles. The lowest BCUT2D eigenvalue weighted by molar-refractivity contribution is -0.135. The third kappa shape index (κ3) is 4.06. The first-order valence-electron chi connectivity index (χ1n) is 9.21. The second-order valence-corrected chi connectivity index (χ2v) is 6.58. The van der Waals surface area contributed by atoms with Gasteiger partial charge in [0, 0.05) is 31.1 Å². The van der Waals surface area contributed by atoms with E-state index >= 15 is 0 Å². The molecule has 0 aliphatic carbocycles. The van der Waals surface area contributed by atoms with Gasteiger partial charge in [0.1, 0.15) is 12.3 Å². The minimum atomic E-state index is -0.245. The van der Waals surface area contributed by atoms with E-state index in [1.165, 1.54) is 9.91 Å². The Morgan fingerprint density at radius 3 is 2.48 bits per heavy atom. The highest BCUT2D eigenvalue weighted by Crippen LogP contribution is 2.19. The van der Waals surface area contributed by atoms with E-state index in [0.29, 0.717) is 18.0 Å². The molecule has 29 heavy (non-hydrogen) atoms. The predicted octanol–water partition coefficient (Wildman–Crippen LogP) is 2.73. The number of hydrogen-bond acceptors (Lipinski definition) is 6. The Bertz CT molecular complexity index is 1050. The Balaban J connectivity index is 1.51. The third-order valence-electron chi connectivity index (χ3n) is 4.61. The molecule has 8 heteroatoms. The summed E-state index contributed by atoms with van der Waals surface area (Å²) in [4.78, 5) is 30.8. The molecule has 8 nitrogen and oxygen atoms in total. The van der Waals surface area contributed by atoms with E-state index in [-0.39, 0.29) is 30.7 Å². The maximum absolute atomic E-state index is 12.6. The largest absolute Gasteiger partial charge is 0.332 e. The smallest absolute Gasteiger partial charge is 0.274 e. The van der Waals surface area contributed by atoms with Gasteiger partial charge in [-0.05, 0) is 12.1 Å². The Morgan fingerprint density at radius 2 is 1.76 bits per heavy atom. The van der Waals surface area contributed by atoms with Gasteiger partial charge in [-0.1, -0.05) is 53.7 Å². The van der Waals surface area contributed by atoms with E-state index in [1.54, 1.807) is 7.05 Å². The molecule has 0 radical (unpaired) electrons. The average molecular weight is 389 g/mol. The molecule has 2 aromatic carbocycles. The molecular formula is C21H19N5O3. The number of benzene rings is 2. The second-order valence-electron chi connectivity index (χ2n) is 6.58. The van der Waals surface area contributed by atoms with Crippen molar-refractivity contribution in [2.75, 3.05) is 18.5 Å². The topological polar surface area (TPSA) is 91.9 Å². The van der Waals surface area contributed by atoms with Crippen LogP contribution < -0.4 is 4.90 Å². The minimum Gasteiger partial charge on any atom is -0.332 e. The second kappa shape index (κ2) is 8.05. The highest BCUT2D eigenvalue weighted by molar-refractivity contribution is 6.03. The van der Waals surface area contributed by atoms with E-state index in [0.717, 1.165) is 11.3 Å². The molecule has 0 atom stereocenters. The molecule has 2 amide bonds. The molecule has 3 aromatic rings. The van der Waals surface area contributed by atoms with Gasteiger partial charge in [0.15, 0.2) is 0 Å². The van der Waals surface area contributed by atoms with Crippen LogP contribution in [0.1, 0.15) is 18.7 Å². The summed E-state index contributed by atoms with van der Waals surface area (Å²) in [7, 11) is 1.67. The molecule has 2 heterocycles. The van der Waals surface area contributed by atoms with Crippen LogP contribution >= 0.6 is 0 Å². The van der Waals surface area contributed by atoms with Crippen LogP contribution in [0.3, 0.4) is 0 Å². The van der Waals surface area contributed by atoms with Gasteiger partial charge < -0.3 is 9.42 Å². The van der Waals surface area contributed by atoms with Crippen molar-refractivity contribution in [3.05, 3.63) is 66.6 Å². The van der Waals surface area contributed by atoms with E-state index in [2.05, 4.69) is 15.2 Å². The molecule has 4 rings (SSSR count). The van der Waals surface area contributed by atoms with Crippen molar-refractivity contribution in [2.45, 2.75) is 12.8 Å². The summed E-state index contributed by atoms with van der Waals surface area (Å²) in [5.74, 6) is 0.244. The van der Waals surface area contributed by atoms with Gasteiger partial charge in [-0.3, -0.25) is 9.59 Å². The van der Waals surface area contributed by atoms with Gasteiger partial charge in [0.25, 0.3) is 5.89 Å². The number of anilines is 1. The molecule has 0 bridgehead atoms. The maximum atomic E-state index is 12.6. The SMILES string of the molecule is CN(C(=O)CN1N=C(c2nc(-c3ccccc3)no2)CCC1=O)c1ccccc1. The lowest BCUT2D eigenvalue weighted by atomic mass is 10.1. The van der Waals surface area contributed by atoms with Crippen LogP contribution in [0.25, 0.3) is 11.4 Å². The van der Waals surface area contributed by atoms with Crippen LogP contribution in [0.4, 0.5) is 5.69 Å². The number of hydrazone groups is 1. The fourth-order valence-corrected chi connectivity index (χ4v) is 2.95. The standard InChI is InChI=1S/C21H19N5O3/c1-25(16-10-6-3-7-11-16)19(28)14-26-18(27)13-12-17(23-26)21-22-20(24-29-21)15-8-4-2-5-9-15/h2-11H,12-14H2,1H3. The van der Waals surface area contributed by atoms with Crippen molar-refractivity contribution in [2.24, 2.45) is 5.10 Å². The Hall–Kier alpha value is -3.81. The van der Waals surface area contributed by atoms with E-state index in [9.17, 15) is 9.59 Å². The van der Waals surface area contributed by atoms with Crippen LogP contribution in [0, 0.1) is 0 Å². The molecule has 146 valence electrons. The van der Waals surface area contributed by atoms with E-state index in [4.69, 9.17) is 4.52 Å². The summed E-state index contributed by atoms with van der Waals surface area (Å²) < 4.78 is 5.34. The third-order valence-corrected chi connectivity index (χ3v) is 4.61. The molecule has 0 N–H and O–H groups in total. The number of carbonyl (C=O) groups excluding carboxylic acids is 2. The summed E-state index contributed by atoms with van der Waals surface area (Å²) >= 11 is 0. The number of aromatic nitrogens is 2. The molecule has 1 aliphatic heterocycles. The zero-order chi connectivity index (χ0) is 20.2. The molecule has 1 aromatic heterocycles. The van der Waals surface area contributed by atoms with Crippen molar-refractivity contribution in [1.29, 1.82) is 0 Å². The normalized spacial score (nSPS) is 13.9. The number of carbonyl (C=O) groups is 2. The number of nitrogens with zero attached hydrogens (tertiary/aromatic N) is 5. The fourth-order valence-electron chi connectivity index (χ4n) is 2.95. The zero-order valence-corrected chi connectivity index (χ0v) is 15.9. The van der Waals surface area contributed by atoms with Crippen LogP contribution in [-0.2, 0) is 9.59 Å². The molecular weight excluding hydrogens is 370 g/mol. The van der Waals surface area contributed by atoms with Crippen molar-refractivity contribution >= 4 is 23.2 Å². The van der Waals surface area contributed by atoms with Crippen molar-refractivity contribution in [3.8, 4) is 11.4 Å². The van der Waals surface area contributed by atoms with Crippen molar-refractivity contribution in [3.63, 3.8) is 0 Å². The number of amides is 2. The first-order chi connectivity index (χ1) is 14.1. The van der Waals surface area contributed by atoms with Crippen LogP contribution in [-0.4, -0.2) is 46.3 Å². The van der Waals surface area contributed by atoms with Gasteiger partial charge in [-0.25, -0.2) is 5.01 Å². The number of rotatable bonds is 5. The number of hydrogen-bond donors (Lipinski definition) is 0. The van der Waals surface area contributed by atoms with E-state index < -0.39 is 0 Å². The predicted molar refractivity (Wildman–Crippen MR) is 107 cm³/mol. The van der Waals surface area contributed by atoms with Gasteiger partial charge in [-0.2, -0.15) is 10.1 Å². The Labute approximate surface area is 167 Å². The first-order valence-corrected chi connectivity index (χ1v) is 9.21. The fraction of sp³-hybridized carbons (Fsp3) is 0.190. The quantitative estimate of drug-likeness (QED) is 0.669. The molecule has 0 unspecified atom stereocenters. The maximum Gasteiger partial charge on any atom is 0.274 e. The summed E-state index contributed by atoms with van der Waals surface area (Å²) in [6, 6.07) is 18.7. The lowest BCUT2D eigenvalue weighted by Gasteiger charge is -2.24. The summed E-state index contributed by atoms with van der Waals surface area (Å²) in [5.41, 5.74) is 2.07. The molecule has 0 saturated carbocycles. The van der Waals surface area contributed by atoms with Crippen LogP contribution in [0.5, 0.6) is 0 Å². The van der Waals surface area contributed by atoms with Gasteiger partial charge >= 0.3 is 0 Å². The average Bonchev–Trinajstić information content (AvgIpc) is 3.26. The summed E-state index contributed by atoms with van der Waals surface area (Å²) in [6.45, 7) is -0.159. The number of likely N-dealkylation sites (N-methyl/N-ethyl adjacent to an activating group) is 1. The summed E-state index contributed by atoms with van der Waals surface area (Å²) in [6.07, 6.45) is 0.610. The molecule has 0 spiro atoms. The van der Waals surface area contributed by atoms with Crippen molar-refractivity contribution in [1.82, 2.24) is 15.1 Å². The molecule has 0 fully saturated rings. The highest BCUT2D eigenvalue weighted by Gasteiger charge is 2.27. The first kappa shape index (κ1) is 18.5. The summed E-state index contributed by atoms with van der Waals surface area (Å²) in [5, 5.41) is 9.48. The lowest BCUT2D eigenvalue weighted by Crippen LogP contribution is -2.41. The Morgan fingerprint density at radius 1 is 1.07 bits per heavy atom. The van der Waals surface area contributed by atoms with Crippen LogP contribution in [0.2, 0.25) is 0 Å². The number of para-hydroxylation sites is 1. The van der Waals surface area contributed by atoms with Crippen LogP contribution in [0.15, 0.2) is 70.3 Å². The van der Waals surface area contributed by atoms with Gasteiger partial charge in [0.05, 0.1) is 0 Å². The minimum absolute atomic E-state index is 0.159. The zero-order valence-electron chi connectivity index (χ0n) is 15.9. The Kier molecular flexibility index (Phi) is 5.15. The van der Waals surface area contributed by atoms with Gasteiger partial charge in [-0.15, -0.1) is 0 Å². The highest BCUT2D eigenvalue weighted by atomic mass is 16.5. The van der Waals surface area contributed by atoms with E-state index in [1.807, 2.05) is 60.7 Å². The van der Waals surface area contributed by atoms with Gasteiger partial charge in [0.2, 0.25) is 17.6 Å².